The Balaban J connectivity index is 2.47. The summed E-state index contributed by atoms with van der Waals surface area (Å²) < 4.78 is 12.7. The Kier molecular flexibility index (Phi) is 5.78. The van der Waals surface area contributed by atoms with Crippen molar-refractivity contribution in [3.63, 3.8) is 0 Å². The van der Waals surface area contributed by atoms with Gasteiger partial charge >= 0.3 is 0 Å². The number of rotatable bonds is 6. The highest BCUT2D eigenvalue weighted by atomic mass is 19.1. The minimum atomic E-state index is -0.293. The molecule has 0 aliphatic rings. The van der Waals surface area contributed by atoms with E-state index in [0.717, 1.165) is 12.0 Å². The number of benzene rings is 1. The van der Waals surface area contributed by atoms with Gasteiger partial charge in [-0.15, -0.1) is 0 Å². The molecule has 0 aliphatic heterocycles. The molecule has 0 saturated heterocycles. The lowest BCUT2D eigenvalue weighted by Gasteiger charge is -2.18. The van der Waals surface area contributed by atoms with E-state index in [-0.39, 0.29) is 24.2 Å². The summed E-state index contributed by atoms with van der Waals surface area (Å²) in [5.41, 5.74) is 6.42. The molecule has 18 heavy (non-hydrogen) atoms. The van der Waals surface area contributed by atoms with Crippen LogP contribution in [0.25, 0.3) is 0 Å². The van der Waals surface area contributed by atoms with Gasteiger partial charge in [0.05, 0.1) is 6.42 Å². The summed E-state index contributed by atoms with van der Waals surface area (Å²) in [5, 5.41) is 2.90. The Morgan fingerprint density at radius 2 is 1.94 bits per heavy atom. The number of nitrogens with one attached hydrogen (secondary N) is 1. The molecule has 1 atom stereocenters. The SMILES string of the molecule is CC(C)CC(CN)NC(=O)Cc1ccc(F)cc1. The maximum Gasteiger partial charge on any atom is 0.224 e. The fourth-order valence-electron chi connectivity index (χ4n) is 1.85. The maximum atomic E-state index is 12.7. The molecule has 0 heterocycles. The zero-order valence-electron chi connectivity index (χ0n) is 10.9. The molecule has 1 aromatic rings. The molecule has 0 aromatic heterocycles. The number of amides is 1. The van der Waals surface area contributed by atoms with Crippen LogP contribution in [-0.4, -0.2) is 18.5 Å². The Morgan fingerprint density at radius 1 is 1.33 bits per heavy atom. The molecule has 1 amide bonds. The second-order valence-electron chi connectivity index (χ2n) is 4.93. The predicted octanol–water partition coefficient (Wildman–Crippen LogP) is 1.86. The van der Waals surface area contributed by atoms with Gasteiger partial charge in [0.1, 0.15) is 5.82 Å². The van der Waals surface area contributed by atoms with Crippen LogP contribution in [0.1, 0.15) is 25.8 Å². The Bertz CT molecular complexity index is 376. The van der Waals surface area contributed by atoms with Crippen molar-refractivity contribution in [1.82, 2.24) is 5.32 Å². The Labute approximate surface area is 108 Å². The molecular formula is C14H21FN2O. The largest absolute Gasteiger partial charge is 0.352 e. The van der Waals surface area contributed by atoms with Gasteiger partial charge in [0.15, 0.2) is 0 Å². The molecule has 0 aliphatic carbocycles. The highest BCUT2D eigenvalue weighted by molar-refractivity contribution is 5.78. The number of nitrogens with two attached hydrogens (primary N) is 1. The van der Waals surface area contributed by atoms with E-state index in [0.29, 0.717) is 12.5 Å². The van der Waals surface area contributed by atoms with Gasteiger partial charge in [-0.3, -0.25) is 4.79 Å². The van der Waals surface area contributed by atoms with Gasteiger partial charge < -0.3 is 11.1 Å². The molecular weight excluding hydrogens is 231 g/mol. The lowest BCUT2D eigenvalue weighted by atomic mass is 10.0. The quantitative estimate of drug-likeness (QED) is 0.812. The molecule has 0 bridgehead atoms. The highest BCUT2D eigenvalue weighted by Gasteiger charge is 2.12. The number of hydrogen-bond donors (Lipinski definition) is 2. The van der Waals surface area contributed by atoms with Gasteiger partial charge in [0.25, 0.3) is 0 Å². The molecule has 100 valence electrons. The second kappa shape index (κ2) is 7.11. The third-order valence-corrected chi connectivity index (χ3v) is 2.68. The third-order valence-electron chi connectivity index (χ3n) is 2.68. The molecule has 4 heteroatoms. The molecule has 0 spiro atoms. The van der Waals surface area contributed by atoms with Crippen molar-refractivity contribution in [2.45, 2.75) is 32.7 Å². The molecule has 1 aromatic carbocycles. The summed E-state index contributed by atoms with van der Waals surface area (Å²) in [6.07, 6.45) is 1.13. The monoisotopic (exact) mass is 252 g/mol. The zero-order chi connectivity index (χ0) is 13.5. The van der Waals surface area contributed by atoms with Crippen molar-refractivity contribution in [2.75, 3.05) is 6.54 Å². The lowest BCUT2D eigenvalue weighted by molar-refractivity contribution is -0.121. The van der Waals surface area contributed by atoms with Gasteiger partial charge in [0, 0.05) is 12.6 Å². The van der Waals surface area contributed by atoms with E-state index in [1.54, 1.807) is 12.1 Å². The Morgan fingerprint density at radius 3 is 2.44 bits per heavy atom. The number of carbonyl (C=O) groups excluding carboxylic acids is 1. The van der Waals surface area contributed by atoms with Crippen LogP contribution in [0.3, 0.4) is 0 Å². The van der Waals surface area contributed by atoms with Crippen LogP contribution in [0.2, 0.25) is 0 Å². The van der Waals surface area contributed by atoms with E-state index in [2.05, 4.69) is 19.2 Å². The normalized spacial score (nSPS) is 12.5. The topological polar surface area (TPSA) is 55.1 Å². The first-order valence-corrected chi connectivity index (χ1v) is 6.25. The second-order valence-corrected chi connectivity index (χ2v) is 4.93. The van der Waals surface area contributed by atoms with Crippen LogP contribution in [0.15, 0.2) is 24.3 Å². The first kappa shape index (κ1) is 14.6. The molecule has 0 radical (unpaired) electrons. The summed E-state index contributed by atoms with van der Waals surface area (Å²) in [7, 11) is 0. The Hall–Kier alpha value is -1.42. The zero-order valence-corrected chi connectivity index (χ0v) is 10.9. The van der Waals surface area contributed by atoms with E-state index in [4.69, 9.17) is 5.73 Å². The minimum Gasteiger partial charge on any atom is -0.352 e. The fraction of sp³-hybridized carbons (Fsp3) is 0.500. The summed E-state index contributed by atoms with van der Waals surface area (Å²) >= 11 is 0. The van der Waals surface area contributed by atoms with Crippen molar-refractivity contribution in [2.24, 2.45) is 11.7 Å². The van der Waals surface area contributed by atoms with Gasteiger partial charge in [-0.2, -0.15) is 0 Å². The maximum absolute atomic E-state index is 12.7. The molecule has 0 fully saturated rings. The summed E-state index contributed by atoms with van der Waals surface area (Å²) in [6.45, 7) is 4.62. The smallest absolute Gasteiger partial charge is 0.224 e. The highest BCUT2D eigenvalue weighted by Crippen LogP contribution is 2.06. The number of halogens is 1. The van der Waals surface area contributed by atoms with Crippen molar-refractivity contribution in [1.29, 1.82) is 0 Å². The average molecular weight is 252 g/mol. The standard InChI is InChI=1S/C14H21FN2O/c1-10(2)7-13(9-16)17-14(18)8-11-3-5-12(15)6-4-11/h3-6,10,13H,7-9,16H2,1-2H3,(H,17,18). The van der Waals surface area contributed by atoms with Gasteiger partial charge in [-0.05, 0) is 30.0 Å². The average Bonchev–Trinajstić information content (AvgIpc) is 2.30. The summed E-state index contributed by atoms with van der Waals surface area (Å²) in [4.78, 5) is 11.8. The van der Waals surface area contributed by atoms with Crippen LogP contribution in [0.4, 0.5) is 4.39 Å². The van der Waals surface area contributed by atoms with Gasteiger partial charge in [0.2, 0.25) is 5.91 Å². The van der Waals surface area contributed by atoms with Crippen molar-refractivity contribution in [3.8, 4) is 0 Å². The van der Waals surface area contributed by atoms with Crippen molar-refractivity contribution < 1.29 is 9.18 Å². The van der Waals surface area contributed by atoms with E-state index in [1.165, 1.54) is 12.1 Å². The molecule has 3 N–H and O–H groups in total. The van der Waals surface area contributed by atoms with E-state index >= 15 is 0 Å². The molecule has 3 nitrogen and oxygen atoms in total. The minimum absolute atomic E-state index is 0.0120. The van der Waals surface area contributed by atoms with Crippen LogP contribution in [0, 0.1) is 11.7 Å². The number of hydrogen-bond acceptors (Lipinski definition) is 2. The van der Waals surface area contributed by atoms with Crippen molar-refractivity contribution in [3.05, 3.63) is 35.6 Å². The van der Waals surface area contributed by atoms with Crippen LogP contribution in [-0.2, 0) is 11.2 Å². The van der Waals surface area contributed by atoms with Crippen LogP contribution < -0.4 is 11.1 Å². The molecule has 0 saturated carbocycles. The van der Waals surface area contributed by atoms with Gasteiger partial charge in [-0.1, -0.05) is 26.0 Å². The first-order valence-electron chi connectivity index (χ1n) is 6.25. The van der Waals surface area contributed by atoms with Crippen LogP contribution >= 0.6 is 0 Å². The lowest BCUT2D eigenvalue weighted by Crippen LogP contribution is -2.41. The van der Waals surface area contributed by atoms with Crippen LogP contribution in [0.5, 0.6) is 0 Å². The summed E-state index contributed by atoms with van der Waals surface area (Å²) in [6, 6.07) is 5.97. The fourth-order valence-corrected chi connectivity index (χ4v) is 1.85. The van der Waals surface area contributed by atoms with Crippen molar-refractivity contribution >= 4 is 5.91 Å². The van der Waals surface area contributed by atoms with E-state index in [9.17, 15) is 9.18 Å². The van der Waals surface area contributed by atoms with Gasteiger partial charge in [-0.25, -0.2) is 4.39 Å². The third kappa shape index (κ3) is 5.27. The van der Waals surface area contributed by atoms with E-state index in [1.807, 2.05) is 0 Å². The summed E-state index contributed by atoms with van der Waals surface area (Å²) in [5.74, 6) is 0.126. The van der Waals surface area contributed by atoms with E-state index < -0.39 is 0 Å². The molecule has 1 rings (SSSR count). The first-order chi connectivity index (χ1) is 8.51. The molecule has 1 unspecified atom stereocenters. The number of carbonyl (C=O) groups is 1. The predicted molar refractivity (Wildman–Crippen MR) is 70.5 cm³/mol.